The standard InChI is InChI=1S/C11H22N2/c1-10(2)6-4-3-5-7-11-12-8-9-13-11/h10H,3-9H2,1-2H3,(H,12,13). The molecule has 0 atom stereocenters. The third-order valence-corrected chi connectivity index (χ3v) is 2.44. The molecule has 1 heterocycles. The van der Waals surface area contributed by atoms with Gasteiger partial charge in [0.05, 0.1) is 12.4 Å². The van der Waals surface area contributed by atoms with E-state index in [1.54, 1.807) is 0 Å². The van der Waals surface area contributed by atoms with Crippen molar-refractivity contribution < 1.29 is 0 Å². The Morgan fingerprint density at radius 1 is 1.31 bits per heavy atom. The summed E-state index contributed by atoms with van der Waals surface area (Å²) in [5.41, 5.74) is 0. The van der Waals surface area contributed by atoms with Gasteiger partial charge >= 0.3 is 0 Å². The summed E-state index contributed by atoms with van der Waals surface area (Å²) in [5, 5.41) is 3.31. The Morgan fingerprint density at radius 3 is 2.77 bits per heavy atom. The molecule has 0 aromatic rings. The van der Waals surface area contributed by atoms with Gasteiger partial charge in [-0.05, 0) is 12.3 Å². The number of nitrogens with one attached hydrogen (secondary N) is 1. The van der Waals surface area contributed by atoms with E-state index in [4.69, 9.17) is 0 Å². The highest BCUT2D eigenvalue weighted by Crippen LogP contribution is 2.09. The molecule has 13 heavy (non-hydrogen) atoms. The molecule has 1 N–H and O–H groups in total. The molecule has 0 aromatic carbocycles. The molecule has 1 aliphatic heterocycles. The van der Waals surface area contributed by atoms with Gasteiger partial charge < -0.3 is 5.32 Å². The van der Waals surface area contributed by atoms with Gasteiger partial charge in [-0.1, -0.05) is 33.1 Å². The predicted octanol–water partition coefficient (Wildman–Crippen LogP) is 2.59. The minimum absolute atomic E-state index is 0.863. The molecule has 0 saturated carbocycles. The molecule has 1 aliphatic rings. The van der Waals surface area contributed by atoms with Gasteiger partial charge in [-0.25, -0.2) is 0 Å². The lowest BCUT2D eigenvalue weighted by atomic mass is 10.0. The van der Waals surface area contributed by atoms with Crippen LogP contribution < -0.4 is 5.32 Å². The van der Waals surface area contributed by atoms with Crippen LogP contribution in [-0.2, 0) is 0 Å². The molecule has 0 aliphatic carbocycles. The summed E-state index contributed by atoms with van der Waals surface area (Å²) < 4.78 is 0. The van der Waals surface area contributed by atoms with E-state index in [0.29, 0.717) is 0 Å². The molecular weight excluding hydrogens is 160 g/mol. The van der Waals surface area contributed by atoms with Crippen molar-refractivity contribution in [3.05, 3.63) is 0 Å². The Hall–Kier alpha value is -0.530. The first-order chi connectivity index (χ1) is 6.29. The SMILES string of the molecule is CC(C)CCCCCC1=NCCN1. The van der Waals surface area contributed by atoms with Crippen molar-refractivity contribution in [1.29, 1.82) is 0 Å². The van der Waals surface area contributed by atoms with Gasteiger partial charge in [0, 0.05) is 13.0 Å². The minimum Gasteiger partial charge on any atom is -0.372 e. The highest BCUT2D eigenvalue weighted by atomic mass is 15.1. The van der Waals surface area contributed by atoms with Gasteiger partial charge in [-0.2, -0.15) is 0 Å². The Kier molecular flexibility index (Phi) is 4.87. The molecule has 76 valence electrons. The number of unbranched alkanes of at least 4 members (excludes halogenated alkanes) is 2. The predicted molar refractivity (Wildman–Crippen MR) is 58.2 cm³/mol. The smallest absolute Gasteiger partial charge is 0.0964 e. The van der Waals surface area contributed by atoms with Crippen LogP contribution in [0.25, 0.3) is 0 Å². The van der Waals surface area contributed by atoms with Gasteiger partial charge in [0.25, 0.3) is 0 Å². The molecule has 0 bridgehead atoms. The Morgan fingerprint density at radius 2 is 2.15 bits per heavy atom. The second-order valence-corrected chi connectivity index (χ2v) is 4.25. The number of aliphatic imine (C=N–C) groups is 1. The third-order valence-electron chi connectivity index (χ3n) is 2.44. The third kappa shape index (κ3) is 4.91. The second kappa shape index (κ2) is 6.01. The average Bonchev–Trinajstić information content (AvgIpc) is 2.55. The number of hydrogen-bond donors (Lipinski definition) is 1. The molecule has 0 radical (unpaired) electrons. The van der Waals surface area contributed by atoms with Gasteiger partial charge in [0.15, 0.2) is 0 Å². The maximum atomic E-state index is 4.37. The van der Waals surface area contributed by atoms with Crippen molar-refractivity contribution in [3.63, 3.8) is 0 Å². The molecule has 0 unspecified atom stereocenters. The summed E-state index contributed by atoms with van der Waals surface area (Å²) in [6, 6.07) is 0. The highest BCUT2D eigenvalue weighted by molar-refractivity contribution is 5.83. The average molecular weight is 182 g/mol. The fourth-order valence-electron chi connectivity index (χ4n) is 1.64. The summed E-state index contributed by atoms with van der Waals surface area (Å²) in [6.07, 6.45) is 6.58. The minimum atomic E-state index is 0.863. The zero-order valence-corrected chi connectivity index (χ0v) is 8.97. The van der Waals surface area contributed by atoms with Crippen LogP contribution in [0.1, 0.15) is 46.0 Å². The summed E-state index contributed by atoms with van der Waals surface area (Å²) in [5.74, 6) is 2.10. The molecule has 0 saturated heterocycles. The lowest BCUT2D eigenvalue weighted by Crippen LogP contribution is -2.17. The topological polar surface area (TPSA) is 24.4 Å². The molecule has 2 heteroatoms. The molecule has 0 amide bonds. The van der Waals surface area contributed by atoms with E-state index in [9.17, 15) is 0 Å². The van der Waals surface area contributed by atoms with E-state index in [1.807, 2.05) is 0 Å². The summed E-state index contributed by atoms with van der Waals surface area (Å²) in [6.45, 7) is 6.63. The van der Waals surface area contributed by atoms with Crippen LogP contribution in [-0.4, -0.2) is 18.9 Å². The van der Waals surface area contributed by atoms with Crippen LogP contribution in [0.3, 0.4) is 0 Å². The van der Waals surface area contributed by atoms with E-state index in [1.165, 1.54) is 31.5 Å². The van der Waals surface area contributed by atoms with Gasteiger partial charge in [0.1, 0.15) is 0 Å². The summed E-state index contributed by atoms with van der Waals surface area (Å²) in [4.78, 5) is 4.37. The molecular formula is C11H22N2. The van der Waals surface area contributed by atoms with Crippen molar-refractivity contribution in [3.8, 4) is 0 Å². The van der Waals surface area contributed by atoms with Crippen molar-refractivity contribution in [1.82, 2.24) is 5.32 Å². The molecule has 0 fully saturated rings. The van der Waals surface area contributed by atoms with Gasteiger partial charge in [0.2, 0.25) is 0 Å². The van der Waals surface area contributed by atoms with Crippen LogP contribution in [0.4, 0.5) is 0 Å². The van der Waals surface area contributed by atoms with Crippen molar-refractivity contribution in [2.24, 2.45) is 10.9 Å². The largest absolute Gasteiger partial charge is 0.372 e. The number of rotatable bonds is 6. The maximum absolute atomic E-state index is 4.37. The van der Waals surface area contributed by atoms with Crippen LogP contribution in [0.5, 0.6) is 0 Å². The van der Waals surface area contributed by atoms with Crippen LogP contribution >= 0.6 is 0 Å². The zero-order valence-electron chi connectivity index (χ0n) is 8.97. The Labute approximate surface area is 81.8 Å². The second-order valence-electron chi connectivity index (χ2n) is 4.25. The Bertz CT molecular complexity index is 161. The monoisotopic (exact) mass is 182 g/mol. The number of nitrogens with zero attached hydrogens (tertiary/aromatic N) is 1. The van der Waals surface area contributed by atoms with Crippen molar-refractivity contribution in [2.45, 2.75) is 46.0 Å². The normalized spacial score (nSPS) is 16.1. The van der Waals surface area contributed by atoms with Crippen molar-refractivity contribution >= 4 is 5.84 Å². The van der Waals surface area contributed by atoms with Crippen LogP contribution in [0.15, 0.2) is 4.99 Å². The quantitative estimate of drug-likeness (QED) is 0.627. The fraction of sp³-hybridized carbons (Fsp3) is 0.909. The van der Waals surface area contributed by atoms with Gasteiger partial charge in [-0.3, -0.25) is 4.99 Å². The molecule has 0 aromatic heterocycles. The van der Waals surface area contributed by atoms with E-state index >= 15 is 0 Å². The van der Waals surface area contributed by atoms with Crippen LogP contribution in [0, 0.1) is 5.92 Å². The molecule has 1 rings (SSSR count). The number of amidine groups is 1. The van der Waals surface area contributed by atoms with E-state index < -0.39 is 0 Å². The Balaban J connectivity index is 1.89. The fourth-order valence-corrected chi connectivity index (χ4v) is 1.64. The maximum Gasteiger partial charge on any atom is 0.0964 e. The summed E-state index contributed by atoms with van der Waals surface area (Å²) in [7, 11) is 0. The van der Waals surface area contributed by atoms with Gasteiger partial charge in [-0.15, -0.1) is 0 Å². The first-order valence-electron chi connectivity index (χ1n) is 5.56. The van der Waals surface area contributed by atoms with Crippen LogP contribution in [0.2, 0.25) is 0 Å². The molecule has 0 spiro atoms. The van der Waals surface area contributed by atoms with E-state index in [0.717, 1.165) is 25.4 Å². The van der Waals surface area contributed by atoms with E-state index in [-0.39, 0.29) is 0 Å². The molecule has 2 nitrogen and oxygen atoms in total. The van der Waals surface area contributed by atoms with Crippen molar-refractivity contribution in [2.75, 3.05) is 13.1 Å². The first kappa shape index (κ1) is 10.6. The van der Waals surface area contributed by atoms with E-state index in [2.05, 4.69) is 24.2 Å². The lowest BCUT2D eigenvalue weighted by molar-refractivity contribution is 0.530. The highest BCUT2D eigenvalue weighted by Gasteiger charge is 2.03. The number of hydrogen-bond acceptors (Lipinski definition) is 2. The zero-order chi connectivity index (χ0) is 9.52. The first-order valence-corrected chi connectivity index (χ1v) is 5.56. The lowest BCUT2D eigenvalue weighted by Gasteiger charge is -2.04. The summed E-state index contributed by atoms with van der Waals surface area (Å²) >= 11 is 0.